The lowest BCUT2D eigenvalue weighted by Crippen LogP contribution is -2.41. The Morgan fingerprint density at radius 1 is 0.691 bits per heavy atom. The monoisotopic (exact) mass is 952 g/mol. The lowest BCUT2D eigenvalue weighted by molar-refractivity contribution is -0.191. The number of nitrogens with one attached hydrogen (secondary N) is 4. The number of rotatable bonds is 5. The van der Waals surface area contributed by atoms with Crippen LogP contribution in [-0.2, 0) is 33.1 Å². The predicted octanol–water partition coefficient (Wildman–Crippen LogP) is 8.36. The number of esters is 1. The molecule has 20 heteroatoms. The van der Waals surface area contributed by atoms with E-state index in [1.807, 2.05) is 79.7 Å². The maximum absolute atomic E-state index is 12.4. The number of benzene rings is 4. The molecule has 0 saturated carbocycles. The number of H-pyrrole nitrogens is 2. The average molecular weight is 953 g/mol. The molecule has 4 aromatic carbocycles. The maximum Gasteiger partial charge on any atom is 0.495 e. The minimum atomic E-state index is -0.659. The molecule has 358 valence electrons. The fourth-order valence-corrected chi connectivity index (χ4v) is 6.55. The topological polar surface area (TPSA) is 247 Å². The molecule has 0 atom stereocenters. The van der Waals surface area contributed by atoms with Gasteiger partial charge in [-0.3, -0.25) is 20.2 Å². The number of anilines is 2. The first kappa shape index (κ1) is 53.4. The summed E-state index contributed by atoms with van der Waals surface area (Å²) < 4.78 is 27.6. The van der Waals surface area contributed by atoms with Crippen molar-refractivity contribution < 1.29 is 47.5 Å². The Balaban J connectivity index is 0.000000231. The van der Waals surface area contributed by atoms with Gasteiger partial charge in [-0.15, -0.1) is 0 Å². The first-order valence-electron chi connectivity index (χ1n) is 21.0. The minimum absolute atomic E-state index is 0.186. The third kappa shape index (κ3) is 14.2. The molecule has 18 nitrogen and oxygen atoms in total. The summed E-state index contributed by atoms with van der Waals surface area (Å²) in [4.78, 5) is 75.8. The van der Waals surface area contributed by atoms with Crippen molar-refractivity contribution in [1.29, 1.82) is 0 Å². The van der Waals surface area contributed by atoms with E-state index in [1.165, 1.54) is 13.2 Å². The van der Waals surface area contributed by atoms with Crippen LogP contribution in [-0.4, -0.2) is 81.3 Å². The van der Waals surface area contributed by atoms with Crippen LogP contribution in [0.1, 0.15) is 85.2 Å². The van der Waals surface area contributed by atoms with Crippen molar-refractivity contribution in [1.82, 2.24) is 20.4 Å². The number of hydrogen-bond donors (Lipinski definition) is 4. The van der Waals surface area contributed by atoms with E-state index in [1.54, 1.807) is 75.4 Å². The fourth-order valence-electron chi connectivity index (χ4n) is 6.34. The van der Waals surface area contributed by atoms with E-state index < -0.39 is 36.5 Å². The molecular formula is C48H54BClN6O12. The zero-order valence-electron chi connectivity index (χ0n) is 39.8. The molecule has 2 amide bonds. The highest BCUT2D eigenvalue weighted by molar-refractivity contribution is 6.62. The highest BCUT2D eigenvalue weighted by Crippen LogP contribution is 2.37. The second kappa shape index (κ2) is 22.1. The number of aromatic amines is 2. The van der Waals surface area contributed by atoms with E-state index in [-0.39, 0.29) is 34.0 Å². The summed E-state index contributed by atoms with van der Waals surface area (Å²) in [5, 5.41) is 20.5. The smallest absolute Gasteiger partial charge is 0.465 e. The summed E-state index contributed by atoms with van der Waals surface area (Å²) in [6.07, 6.45) is -0.862. The van der Waals surface area contributed by atoms with Gasteiger partial charge in [0.2, 0.25) is 0 Å². The lowest BCUT2D eigenvalue weighted by Gasteiger charge is -2.32. The lowest BCUT2D eigenvalue weighted by atomic mass is 9.76. The number of carbonyl (C=O) groups excluding carboxylic acids is 5. The predicted molar refractivity (Wildman–Crippen MR) is 258 cm³/mol. The van der Waals surface area contributed by atoms with Crippen LogP contribution in [0.25, 0.3) is 32.8 Å². The highest BCUT2D eigenvalue weighted by Gasteiger charge is 2.52. The summed E-state index contributed by atoms with van der Waals surface area (Å²) in [7, 11) is 0.851. The number of amides is 2. The number of methoxy groups -OCH3 is 1. The molecule has 7 rings (SSSR count). The van der Waals surface area contributed by atoms with E-state index in [0.29, 0.717) is 49.3 Å². The molecule has 0 spiro atoms. The van der Waals surface area contributed by atoms with Crippen molar-refractivity contribution in [2.24, 2.45) is 0 Å². The normalized spacial score (nSPS) is 13.5. The number of nitrogens with zero attached hydrogens (tertiary/aromatic N) is 2. The Kier molecular flexibility index (Phi) is 17.4. The van der Waals surface area contributed by atoms with Gasteiger partial charge < -0.3 is 23.5 Å². The zero-order chi connectivity index (χ0) is 50.8. The van der Waals surface area contributed by atoms with Crippen LogP contribution < -0.4 is 27.2 Å². The van der Waals surface area contributed by atoms with Gasteiger partial charge in [-0.25, -0.2) is 24.6 Å². The summed E-state index contributed by atoms with van der Waals surface area (Å²) in [6, 6.07) is 24.4. The molecule has 0 radical (unpaired) electrons. The van der Waals surface area contributed by atoms with Crippen LogP contribution in [0.4, 0.5) is 21.0 Å². The molecule has 0 aliphatic carbocycles. The molecule has 68 heavy (non-hydrogen) atoms. The Labute approximate surface area is 397 Å². The van der Waals surface area contributed by atoms with Gasteiger partial charge in [-0.2, -0.15) is 19.8 Å². The average Bonchev–Trinajstić information content (AvgIpc) is 3.47. The molecule has 1 fully saturated rings. The first-order valence-corrected chi connectivity index (χ1v) is 21.4. The van der Waals surface area contributed by atoms with Gasteiger partial charge >= 0.3 is 31.4 Å². The van der Waals surface area contributed by atoms with Crippen LogP contribution >= 0.6 is 11.6 Å². The van der Waals surface area contributed by atoms with Crippen molar-refractivity contribution >= 4 is 81.4 Å². The molecule has 1 aliphatic heterocycles. The van der Waals surface area contributed by atoms with Crippen LogP contribution in [0, 0.1) is 6.92 Å². The Morgan fingerprint density at radius 2 is 1.13 bits per heavy atom. The van der Waals surface area contributed by atoms with Gasteiger partial charge in [0.05, 0.1) is 40.3 Å². The zero-order valence-corrected chi connectivity index (χ0v) is 40.6. The highest BCUT2D eigenvalue weighted by atomic mass is 35.5. The van der Waals surface area contributed by atoms with E-state index in [9.17, 15) is 24.0 Å². The molecule has 1 saturated heterocycles. The van der Waals surface area contributed by atoms with E-state index in [2.05, 4.69) is 31.0 Å². The second-order valence-electron chi connectivity index (χ2n) is 18.1. The standard InChI is InChI=1S/C21H21N3O5.C18H28BNO4.C8H5ClN2O.CO2/c1-21(2,3)29-20(27)22-12-9-10-14(16(11-12)19(26)28-4)17-13-7-5-6-8-15(13)18(25)24-23-17;1-12-11-13(20-15(21)22-16(2,3)4)9-10-14(12)19-23-17(5,6)18(7,8)24-19;9-7-5-3-1-2-4-6(5)8(12)11-10-7;2-1-3/h5-11H,1-4H3,(H,22,27)(H,24,25);9-11H,1-8H3,(H,20,21);1-4H,(H,11,12);. The Morgan fingerprint density at radius 3 is 1.60 bits per heavy atom. The van der Waals surface area contributed by atoms with E-state index >= 15 is 0 Å². The van der Waals surface area contributed by atoms with Crippen molar-refractivity contribution in [3.05, 3.63) is 122 Å². The molecule has 0 bridgehead atoms. The van der Waals surface area contributed by atoms with Gasteiger partial charge in [0.25, 0.3) is 11.1 Å². The van der Waals surface area contributed by atoms with Gasteiger partial charge in [-0.05, 0) is 130 Å². The summed E-state index contributed by atoms with van der Waals surface area (Å²) >= 11 is 5.75. The van der Waals surface area contributed by atoms with Crippen LogP contribution in [0.5, 0.6) is 0 Å². The SMILES string of the molecule is COC(=O)c1cc(NC(=O)OC(C)(C)C)ccc1-c1n[nH]c(=O)c2ccccc12.Cc1cc(NC(=O)OC(C)(C)C)ccc1B1OC(C)(C)C(C)(C)O1.O=C=O.O=c1[nH]nc(Cl)c2ccccc12. The Hall–Kier alpha value is -7.18. The number of carbonyl (C=O) groups is 3. The van der Waals surface area contributed by atoms with Crippen LogP contribution in [0.3, 0.4) is 0 Å². The molecule has 3 heterocycles. The van der Waals surface area contributed by atoms with Gasteiger partial charge in [0.1, 0.15) is 11.2 Å². The summed E-state index contributed by atoms with van der Waals surface area (Å²) in [5.74, 6) is -0.607. The number of ether oxygens (including phenoxy) is 3. The van der Waals surface area contributed by atoms with Crippen molar-refractivity contribution in [2.45, 2.75) is 98.6 Å². The molecular weight excluding hydrogens is 899 g/mol. The summed E-state index contributed by atoms with van der Waals surface area (Å²) in [6.45, 7) is 20.8. The summed E-state index contributed by atoms with van der Waals surface area (Å²) in [5.41, 5.74) is 1.58. The van der Waals surface area contributed by atoms with Crippen molar-refractivity contribution in [3.63, 3.8) is 0 Å². The number of fused-ring (bicyclic) bond motifs is 2. The number of aromatic nitrogens is 4. The fraction of sp³-hybridized carbons (Fsp3) is 0.333. The molecule has 2 aromatic heterocycles. The van der Waals surface area contributed by atoms with Gasteiger partial charge in [0, 0.05) is 27.7 Å². The molecule has 4 N–H and O–H groups in total. The third-order valence-corrected chi connectivity index (χ3v) is 10.4. The minimum Gasteiger partial charge on any atom is -0.465 e. The molecule has 0 unspecified atom stereocenters. The molecule has 1 aliphatic rings. The maximum atomic E-state index is 12.4. The number of halogens is 1. The third-order valence-electron chi connectivity index (χ3n) is 10.1. The van der Waals surface area contributed by atoms with Crippen LogP contribution in [0.15, 0.2) is 94.5 Å². The molecule has 6 aromatic rings. The second-order valence-corrected chi connectivity index (χ2v) is 18.4. The van der Waals surface area contributed by atoms with Gasteiger partial charge in [0.15, 0.2) is 5.15 Å². The van der Waals surface area contributed by atoms with E-state index in [0.717, 1.165) is 11.0 Å². The first-order chi connectivity index (χ1) is 31.7. The largest absolute Gasteiger partial charge is 0.495 e. The number of hydrogen-bond acceptors (Lipinski definition) is 14. The Bertz CT molecular complexity index is 2940. The van der Waals surface area contributed by atoms with Crippen LogP contribution in [0.2, 0.25) is 5.15 Å². The van der Waals surface area contributed by atoms with Crippen molar-refractivity contribution in [2.75, 3.05) is 17.7 Å². The van der Waals surface area contributed by atoms with Gasteiger partial charge in [-0.1, -0.05) is 54.1 Å². The number of aryl methyl sites for hydroxylation is 1. The van der Waals surface area contributed by atoms with Crippen molar-refractivity contribution in [3.8, 4) is 11.3 Å². The quantitative estimate of drug-likeness (QED) is 0.0721. The van der Waals surface area contributed by atoms with E-state index in [4.69, 9.17) is 44.7 Å².